The van der Waals surface area contributed by atoms with Gasteiger partial charge in [-0.05, 0) is 43.2 Å². The molecule has 0 fully saturated rings. The van der Waals surface area contributed by atoms with Crippen molar-refractivity contribution in [2.75, 3.05) is 11.1 Å². The van der Waals surface area contributed by atoms with E-state index >= 15 is 0 Å². The Morgan fingerprint density at radius 2 is 1.82 bits per heavy atom. The second kappa shape index (κ2) is 4.45. The highest BCUT2D eigenvalue weighted by molar-refractivity contribution is 5.75. The van der Waals surface area contributed by atoms with Gasteiger partial charge in [0.15, 0.2) is 0 Å². The average Bonchev–Trinajstić information content (AvgIpc) is 2.30. The molecule has 2 nitrogen and oxygen atoms in total. The Labute approximate surface area is 100 Å². The van der Waals surface area contributed by atoms with Crippen LogP contribution in [-0.4, -0.2) is 0 Å². The van der Waals surface area contributed by atoms with Crippen LogP contribution >= 0.6 is 0 Å². The van der Waals surface area contributed by atoms with Gasteiger partial charge in [-0.25, -0.2) is 4.39 Å². The van der Waals surface area contributed by atoms with Gasteiger partial charge in [0.2, 0.25) is 0 Å². The summed E-state index contributed by atoms with van der Waals surface area (Å²) in [6.45, 7) is 3.84. The number of hydrogen-bond acceptors (Lipinski definition) is 2. The van der Waals surface area contributed by atoms with E-state index in [0.29, 0.717) is 11.4 Å². The first kappa shape index (κ1) is 11.5. The van der Waals surface area contributed by atoms with Crippen LogP contribution in [0.25, 0.3) is 0 Å². The number of anilines is 3. The van der Waals surface area contributed by atoms with E-state index in [-0.39, 0.29) is 5.82 Å². The molecule has 0 atom stereocenters. The normalized spacial score (nSPS) is 10.3. The van der Waals surface area contributed by atoms with Crippen LogP contribution in [0.4, 0.5) is 21.5 Å². The first-order valence-corrected chi connectivity index (χ1v) is 5.46. The Morgan fingerprint density at radius 1 is 1.06 bits per heavy atom. The molecule has 2 rings (SSSR count). The zero-order valence-corrected chi connectivity index (χ0v) is 9.92. The van der Waals surface area contributed by atoms with Crippen LogP contribution in [0.15, 0.2) is 36.4 Å². The van der Waals surface area contributed by atoms with Gasteiger partial charge in [-0.1, -0.05) is 18.2 Å². The summed E-state index contributed by atoms with van der Waals surface area (Å²) in [5.41, 5.74) is 9.73. The summed E-state index contributed by atoms with van der Waals surface area (Å²) in [5, 5.41) is 3.02. The highest BCUT2D eigenvalue weighted by Crippen LogP contribution is 2.27. The number of para-hydroxylation sites is 1. The first-order chi connectivity index (χ1) is 8.08. The highest BCUT2D eigenvalue weighted by Gasteiger charge is 2.05. The topological polar surface area (TPSA) is 38.0 Å². The fraction of sp³-hybridized carbons (Fsp3) is 0.143. The Balaban J connectivity index is 2.38. The molecule has 0 spiro atoms. The quantitative estimate of drug-likeness (QED) is 0.771. The lowest BCUT2D eigenvalue weighted by molar-refractivity contribution is 0.631. The van der Waals surface area contributed by atoms with E-state index in [1.807, 2.05) is 32.0 Å². The minimum absolute atomic E-state index is 0.281. The number of aryl methyl sites for hydroxylation is 2. The molecule has 2 aromatic carbocycles. The third kappa shape index (κ3) is 2.38. The molecule has 0 saturated heterocycles. The van der Waals surface area contributed by atoms with Gasteiger partial charge in [-0.2, -0.15) is 0 Å². The van der Waals surface area contributed by atoms with Crippen molar-refractivity contribution in [3.05, 3.63) is 53.3 Å². The number of nitrogen functional groups attached to an aromatic ring is 1. The second-order valence-corrected chi connectivity index (χ2v) is 4.14. The van der Waals surface area contributed by atoms with Gasteiger partial charge in [0, 0.05) is 0 Å². The molecule has 0 bridgehead atoms. The number of benzene rings is 2. The predicted octanol–water partition coefficient (Wildman–Crippen LogP) is 3.77. The van der Waals surface area contributed by atoms with E-state index in [2.05, 4.69) is 5.32 Å². The van der Waals surface area contributed by atoms with Crippen molar-refractivity contribution >= 4 is 17.1 Å². The Bertz CT molecular complexity index is 550. The molecule has 0 heterocycles. The lowest BCUT2D eigenvalue weighted by Gasteiger charge is -2.12. The number of nitrogens with one attached hydrogen (secondary N) is 1. The minimum atomic E-state index is -0.281. The first-order valence-electron chi connectivity index (χ1n) is 5.46. The van der Waals surface area contributed by atoms with Crippen LogP contribution in [0.3, 0.4) is 0 Å². The van der Waals surface area contributed by atoms with Crippen LogP contribution in [0.1, 0.15) is 11.1 Å². The number of hydrogen-bond donors (Lipinski definition) is 2. The highest BCUT2D eigenvalue weighted by atomic mass is 19.1. The van der Waals surface area contributed by atoms with Crippen LogP contribution in [0, 0.1) is 19.7 Å². The van der Waals surface area contributed by atoms with E-state index in [1.165, 1.54) is 6.07 Å². The monoisotopic (exact) mass is 230 g/mol. The maximum Gasteiger partial charge on any atom is 0.146 e. The van der Waals surface area contributed by atoms with Crippen molar-refractivity contribution in [2.45, 2.75) is 13.8 Å². The van der Waals surface area contributed by atoms with Crippen molar-refractivity contribution in [3.63, 3.8) is 0 Å². The SMILES string of the molecule is Cc1ccc(F)c(Nc2cccc(C)c2N)c1. The molecular formula is C14H15FN2. The van der Waals surface area contributed by atoms with Crippen LogP contribution in [0.2, 0.25) is 0 Å². The number of halogens is 1. The van der Waals surface area contributed by atoms with E-state index in [0.717, 1.165) is 16.8 Å². The van der Waals surface area contributed by atoms with Gasteiger partial charge in [-0.3, -0.25) is 0 Å². The standard InChI is InChI=1S/C14H15FN2/c1-9-6-7-11(15)13(8-9)17-12-5-3-4-10(2)14(12)16/h3-8,17H,16H2,1-2H3. The van der Waals surface area contributed by atoms with Crippen LogP contribution in [0.5, 0.6) is 0 Å². The second-order valence-electron chi connectivity index (χ2n) is 4.14. The molecule has 0 unspecified atom stereocenters. The van der Waals surface area contributed by atoms with Crippen molar-refractivity contribution in [1.29, 1.82) is 0 Å². The smallest absolute Gasteiger partial charge is 0.146 e. The molecule has 3 heteroatoms. The summed E-state index contributed by atoms with van der Waals surface area (Å²) in [6, 6.07) is 10.6. The fourth-order valence-electron chi connectivity index (χ4n) is 1.67. The van der Waals surface area contributed by atoms with E-state index in [9.17, 15) is 4.39 Å². The summed E-state index contributed by atoms with van der Waals surface area (Å²) in [4.78, 5) is 0. The lowest BCUT2D eigenvalue weighted by atomic mass is 10.1. The van der Waals surface area contributed by atoms with Crippen LogP contribution in [-0.2, 0) is 0 Å². The zero-order chi connectivity index (χ0) is 12.4. The van der Waals surface area contributed by atoms with Gasteiger partial charge < -0.3 is 11.1 Å². The molecule has 17 heavy (non-hydrogen) atoms. The van der Waals surface area contributed by atoms with Gasteiger partial charge in [-0.15, -0.1) is 0 Å². The van der Waals surface area contributed by atoms with Crippen LogP contribution < -0.4 is 11.1 Å². The molecule has 2 aromatic rings. The third-order valence-electron chi connectivity index (χ3n) is 2.72. The Hall–Kier alpha value is -2.03. The maximum atomic E-state index is 13.6. The molecule has 0 aromatic heterocycles. The summed E-state index contributed by atoms with van der Waals surface area (Å²) in [6.07, 6.45) is 0. The lowest BCUT2D eigenvalue weighted by Crippen LogP contribution is -2.00. The molecule has 0 aliphatic rings. The molecule has 3 N–H and O–H groups in total. The Morgan fingerprint density at radius 3 is 2.59 bits per heavy atom. The summed E-state index contributed by atoms with van der Waals surface area (Å²) in [7, 11) is 0. The zero-order valence-electron chi connectivity index (χ0n) is 9.92. The number of nitrogens with two attached hydrogens (primary N) is 1. The molecule has 88 valence electrons. The molecule has 0 amide bonds. The molecule has 0 saturated carbocycles. The maximum absolute atomic E-state index is 13.6. The van der Waals surface area contributed by atoms with Gasteiger partial charge >= 0.3 is 0 Å². The van der Waals surface area contributed by atoms with Gasteiger partial charge in [0.1, 0.15) is 5.82 Å². The largest absolute Gasteiger partial charge is 0.397 e. The minimum Gasteiger partial charge on any atom is -0.397 e. The Kier molecular flexibility index (Phi) is 3.00. The summed E-state index contributed by atoms with van der Waals surface area (Å²) >= 11 is 0. The molecular weight excluding hydrogens is 215 g/mol. The number of rotatable bonds is 2. The van der Waals surface area contributed by atoms with Gasteiger partial charge in [0.05, 0.1) is 17.1 Å². The third-order valence-corrected chi connectivity index (χ3v) is 2.72. The average molecular weight is 230 g/mol. The van der Waals surface area contributed by atoms with Crippen molar-refractivity contribution in [2.24, 2.45) is 0 Å². The molecule has 0 radical (unpaired) electrons. The van der Waals surface area contributed by atoms with Gasteiger partial charge in [0.25, 0.3) is 0 Å². The van der Waals surface area contributed by atoms with E-state index in [4.69, 9.17) is 5.73 Å². The van der Waals surface area contributed by atoms with E-state index < -0.39 is 0 Å². The molecule has 0 aliphatic heterocycles. The van der Waals surface area contributed by atoms with E-state index in [1.54, 1.807) is 12.1 Å². The van der Waals surface area contributed by atoms with Crippen molar-refractivity contribution in [1.82, 2.24) is 0 Å². The predicted molar refractivity (Wildman–Crippen MR) is 70.0 cm³/mol. The van der Waals surface area contributed by atoms with Crippen molar-refractivity contribution in [3.8, 4) is 0 Å². The summed E-state index contributed by atoms with van der Waals surface area (Å²) < 4.78 is 13.6. The summed E-state index contributed by atoms with van der Waals surface area (Å²) in [5.74, 6) is -0.281. The fourth-order valence-corrected chi connectivity index (χ4v) is 1.67. The molecule has 0 aliphatic carbocycles. The van der Waals surface area contributed by atoms with Crippen molar-refractivity contribution < 1.29 is 4.39 Å².